The quantitative estimate of drug-likeness (QED) is 0.279. The van der Waals surface area contributed by atoms with Crippen molar-refractivity contribution in [3.8, 4) is 28.0 Å². The molecule has 3 rings (SSSR count). The van der Waals surface area contributed by atoms with E-state index in [1.165, 1.54) is 11.5 Å². The zero-order chi connectivity index (χ0) is 18.3. The van der Waals surface area contributed by atoms with Crippen LogP contribution in [0, 0.1) is 13.8 Å². The lowest BCUT2D eigenvalue weighted by Gasteiger charge is -2.09. The third kappa shape index (κ3) is 2.75. The molecule has 0 aliphatic carbocycles. The van der Waals surface area contributed by atoms with Crippen LogP contribution in [0.15, 0.2) is 29.4 Å². The molecule has 0 aliphatic heterocycles. The molecule has 4 N–H and O–H groups in total. The molecule has 0 aliphatic rings. The summed E-state index contributed by atoms with van der Waals surface area (Å²) in [5.74, 6) is 0.132. The molecule has 0 unspecified atom stereocenters. The molecule has 0 amide bonds. The minimum atomic E-state index is -0.0329. The molecule has 0 saturated carbocycles. The molecule has 0 bridgehead atoms. The van der Waals surface area contributed by atoms with Gasteiger partial charge in [0.15, 0.2) is 5.84 Å². The Hall–Kier alpha value is -2.51. The number of phenols is 1. The van der Waals surface area contributed by atoms with Crippen LogP contribution in [0.4, 0.5) is 0 Å². The highest BCUT2D eigenvalue weighted by Crippen LogP contribution is 2.45. The van der Waals surface area contributed by atoms with E-state index in [0.717, 1.165) is 32.8 Å². The van der Waals surface area contributed by atoms with Crippen molar-refractivity contribution < 1.29 is 10.3 Å². The van der Waals surface area contributed by atoms with Crippen molar-refractivity contribution in [2.45, 2.75) is 13.8 Å². The van der Waals surface area contributed by atoms with E-state index < -0.39 is 0 Å². The Bertz CT molecular complexity index is 954. The lowest BCUT2D eigenvalue weighted by atomic mass is 9.95. The Labute approximate surface area is 154 Å². The summed E-state index contributed by atoms with van der Waals surface area (Å²) in [6.45, 7) is 3.88. The summed E-state index contributed by atoms with van der Waals surface area (Å²) >= 11 is 8.00. The first-order valence-corrected chi connectivity index (χ1v) is 8.60. The number of aromatic hydroxyl groups is 1. The van der Waals surface area contributed by atoms with Crippen LogP contribution in [0.5, 0.6) is 5.75 Å². The number of aromatic nitrogens is 2. The largest absolute Gasteiger partial charge is 0.508 e. The van der Waals surface area contributed by atoms with Crippen molar-refractivity contribution in [2.24, 2.45) is 17.9 Å². The molecule has 8 heteroatoms. The highest BCUT2D eigenvalue weighted by molar-refractivity contribution is 7.06. The Morgan fingerprint density at radius 2 is 1.84 bits per heavy atom. The van der Waals surface area contributed by atoms with E-state index in [1.807, 2.05) is 13.8 Å². The summed E-state index contributed by atoms with van der Waals surface area (Å²) < 4.78 is 6.10. The number of hydrogen-bond donors (Lipinski definition) is 3. The molecule has 0 fully saturated rings. The number of benzene rings is 1. The number of halogens is 1. The lowest BCUT2D eigenvalue weighted by Crippen LogP contribution is -2.18. The molecule has 0 radical (unpaired) electrons. The van der Waals surface area contributed by atoms with Gasteiger partial charge >= 0.3 is 0 Å². The minimum Gasteiger partial charge on any atom is -0.508 e. The second-order valence-electron chi connectivity index (χ2n) is 5.68. The molecular weight excluding hydrogens is 360 g/mol. The number of aryl methyl sites for hydroxylation is 2. The molecule has 2 heterocycles. The molecule has 6 nitrogen and oxygen atoms in total. The molecule has 2 aromatic heterocycles. The Balaban J connectivity index is 2.45. The van der Waals surface area contributed by atoms with Crippen LogP contribution in [0.1, 0.15) is 16.3 Å². The Kier molecular flexibility index (Phi) is 4.45. The molecule has 0 spiro atoms. The van der Waals surface area contributed by atoms with Crippen molar-refractivity contribution in [1.82, 2.24) is 8.94 Å². The third-order valence-corrected chi connectivity index (χ3v) is 5.40. The van der Waals surface area contributed by atoms with E-state index in [1.54, 1.807) is 35.9 Å². The van der Waals surface area contributed by atoms with Gasteiger partial charge in [0.05, 0.1) is 11.4 Å². The van der Waals surface area contributed by atoms with Gasteiger partial charge in [-0.05, 0) is 43.1 Å². The summed E-state index contributed by atoms with van der Waals surface area (Å²) in [5.41, 5.74) is 10.5. The van der Waals surface area contributed by atoms with Crippen LogP contribution in [0.3, 0.4) is 0 Å². The molecular formula is C17H17ClN4O2S. The van der Waals surface area contributed by atoms with E-state index in [9.17, 15) is 10.3 Å². The first-order chi connectivity index (χ1) is 11.9. The van der Waals surface area contributed by atoms with Gasteiger partial charge in [0.1, 0.15) is 10.9 Å². The van der Waals surface area contributed by atoms with Crippen LogP contribution in [-0.2, 0) is 7.05 Å². The molecule has 130 valence electrons. The number of oxime groups is 1. The minimum absolute atomic E-state index is 0.0329. The highest BCUT2D eigenvalue weighted by Gasteiger charge is 2.27. The second kappa shape index (κ2) is 6.42. The Morgan fingerprint density at radius 1 is 1.20 bits per heavy atom. The van der Waals surface area contributed by atoms with Gasteiger partial charge in [-0.25, -0.2) is 0 Å². The van der Waals surface area contributed by atoms with E-state index >= 15 is 0 Å². The summed E-state index contributed by atoms with van der Waals surface area (Å²) in [4.78, 5) is 1.01. The molecule has 25 heavy (non-hydrogen) atoms. The summed E-state index contributed by atoms with van der Waals surface area (Å²) in [6, 6.07) is 6.75. The predicted molar refractivity (Wildman–Crippen MR) is 101 cm³/mol. The average molecular weight is 377 g/mol. The van der Waals surface area contributed by atoms with Crippen LogP contribution >= 0.6 is 23.1 Å². The summed E-state index contributed by atoms with van der Waals surface area (Å²) in [6.07, 6.45) is 0. The smallest absolute Gasteiger partial charge is 0.187 e. The van der Waals surface area contributed by atoms with Gasteiger partial charge in [-0.15, -0.1) is 0 Å². The van der Waals surface area contributed by atoms with Gasteiger partial charge in [-0.3, -0.25) is 0 Å². The Morgan fingerprint density at radius 3 is 2.36 bits per heavy atom. The molecule has 0 atom stereocenters. The summed E-state index contributed by atoms with van der Waals surface area (Å²) in [7, 11) is 1.76. The van der Waals surface area contributed by atoms with Crippen LogP contribution in [-0.4, -0.2) is 25.1 Å². The first-order valence-electron chi connectivity index (χ1n) is 7.45. The van der Waals surface area contributed by atoms with E-state index in [4.69, 9.17) is 17.3 Å². The second-order valence-corrected chi connectivity index (χ2v) is 7.02. The number of nitrogens with two attached hydrogens (primary N) is 1. The zero-order valence-corrected chi connectivity index (χ0v) is 15.5. The van der Waals surface area contributed by atoms with Crippen molar-refractivity contribution >= 4 is 29.0 Å². The fourth-order valence-corrected chi connectivity index (χ4v) is 3.97. The fourth-order valence-electron chi connectivity index (χ4n) is 2.98. The molecule has 1 aromatic carbocycles. The summed E-state index contributed by atoms with van der Waals surface area (Å²) in [5, 5.41) is 22.4. The van der Waals surface area contributed by atoms with Gasteiger partial charge in [0.25, 0.3) is 0 Å². The first kappa shape index (κ1) is 17.3. The van der Waals surface area contributed by atoms with Crippen LogP contribution in [0.25, 0.3) is 22.3 Å². The van der Waals surface area contributed by atoms with E-state index in [0.29, 0.717) is 10.8 Å². The van der Waals surface area contributed by atoms with Crippen molar-refractivity contribution in [2.75, 3.05) is 0 Å². The topological polar surface area (TPSA) is 96.7 Å². The van der Waals surface area contributed by atoms with Crippen molar-refractivity contribution in [3.63, 3.8) is 0 Å². The number of hydrogen-bond acceptors (Lipinski definition) is 5. The number of amidine groups is 1. The average Bonchev–Trinajstić information content (AvgIpc) is 3.05. The van der Waals surface area contributed by atoms with Crippen LogP contribution < -0.4 is 5.73 Å². The maximum atomic E-state index is 9.58. The van der Waals surface area contributed by atoms with E-state index in [2.05, 4.69) is 9.53 Å². The highest BCUT2D eigenvalue weighted by atomic mass is 35.5. The fraction of sp³-hybridized carbons (Fsp3) is 0.176. The van der Waals surface area contributed by atoms with E-state index in [-0.39, 0.29) is 11.6 Å². The van der Waals surface area contributed by atoms with Gasteiger partial charge in [0.2, 0.25) is 0 Å². The molecule has 0 saturated heterocycles. The van der Waals surface area contributed by atoms with Gasteiger partial charge in [0, 0.05) is 28.6 Å². The van der Waals surface area contributed by atoms with Crippen molar-refractivity contribution in [3.05, 3.63) is 45.7 Å². The number of rotatable bonds is 3. The van der Waals surface area contributed by atoms with Gasteiger partial charge < -0.3 is 20.6 Å². The monoisotopic (exact) mass is 376 g/mol. The lowest BCUT2D eigenvalue weighted by molar-refractivity contribution is 0.318. The normalized spacial score (nSPS) is 11.9. The SMILES string of the molecule is Cc1nsc(C)c1-c1c(-c2ccc(O)cc2)c(Cl)n(C)c1C(N)=NO. The third-order valence-electron chi connectivity index (χ3n) is 4.11. The number of phenolic OH excluding ortho intramolecular Hbond substituents is 1. The van der Waals surface area contributed by atoms with Gasteiger partial charge in [-0.2, -0.15) is 4.37 Å². The zero-order valence-electron chi connectivity index (χ0n) is 13.9. The maximum Gasteiger partial charge on any atom is 0.187 e. The van der Waals surface area contributed by atoms with Crippen molar-refractivity contribution in [1.29, 1.82) is 0 Å². The maximum absolute atomic E-state index is 9.58. The molecule has 3 aromatic rings. The standard InChI is InChI=1S/C17H17ClN4O2S/c1-8-12(9(2)25-21-8)14-13(10-4-6-11(23)7-5-10)16(18)22(3)15(14)17(19)20-24/h4-7,23-24H,1-3H3,(H2,19,20). The number of nitrogens with zero attached hydrogens (tertiary/aromatic N) is 3. The van der Waals surface area contributed by atoms with Crippen LogP contribution in [0.2, 0.25) is 5.15 Å². The van der Waals surface area contributed by atoms with Gasteiger partial charge in [-0.1, -0.05) is 28.9 Å². The predicted octanol–water partition coefficient (Wildman–Crippen LogP) is 3.89.